The molecule has 0 aromatic heterocycles. The molecule has 4 heteroatoms. The lowest BCUT2D eigenvalue weighted by atomic mass is 10.1. The van der Waals surface area contributed by atoms with Gasteiger partial charge in [0.1, 0.15) is 5.82 Å². The number of hydrogen-bond donors (Lipinski definition) is 2. The maximum Gasteiger partial charge on any atom is 0.319 e. The minimum atomic E-state index is -0.283. The van der Waals surface area contributed by atoms with Crippen molar-refractivity contribution in [2.75, 3.05) is 5.32 Å². The van der Waals surface area contributed by atoms with E-state index in [2.05, 4.69) is 10.6 Å². The molecule has 110 valence electrons. The van der Waals surface area contributed by atoms with Gasteiger partial charge in [0.2, 0.25) is 0 Å². The van der Waals surface area contributed by atoms with Crippen molar-refractivity contribution < 1.29 is 9.18 Å². The Balaban J connectivity index is 1.97. The summed E-state index contributed by atoms with van der Waals surface area (Å²) in [5, 5.41) is 5.63. The molecule has 0 aliphatic carbocycles. The second-order valence-corrected chi connectivity index (χ2v) is 5.21. The van der Waals surface area contributed by atoms with Gasteiger partial charge in [0, 0.05) is 12.2 Å². The molecule has 0 aliphatic rings. The second-order valence-electron chi connectivity index (χ2n) is 5.21. The minimum Gasteiger partial charge on any atom is -0.334 e. The zero-order chi connectivity index (χ0) is 15.4. The van der Waals surface area contributed by atoms with Crippen molar-refractivity contribution in [2.24, 2.45) is 0 Å². The van der Waals surface area contributed by atoms with Crippen molar-refractivity contribution in [3.8, 4) is 0 Å². The van der Waals surface area contributed by atoms with Crippen molar-refractivity contribution >= 4 is 11.7 Å². The number of aryl methyl sites for hydroxylation is 3. The maximum atomic E-state index is 12.8. The molecule has 2 aromatic carbocycles. The molecule has 2 N–H and O–H groups in total. The minimum absolute atomic E-state index is 0.269. The third-order valence-corrected chi connectivity index (χ3v) is 3.28. The van der Waals surface area contributed by atoms with Crippen LogP contribution in [-0.4, -0.2) is 6.03 Å². The predicted molar refractivity (Wildman–Crippen MR) is 82.9 cm³/mol. The van der Waals surface area contributed by atoms with Gasteiger partial charge in [-0.05, 0) is 49.6 Å². The average Bonchev–Trinajstić information content (AvgIpc) is 2.42. The Hall–Kier alpha value is -2.36. The van der Waals surface area contributed by atoms with Gasteiger partial charge in [-0.3, -0.25) is 0 Å². The van der Waals surface area contributed by atoms with E-state index in [9.17, 15) is 9.18 Å². The Labute approximate surface area is 124 Å². The normalized spacial score (nSPS) is 10.3. The monoisotopic (exact) mass is 286 g/mol. The first-order valence-corrected chi connectivity index (χ1v) is 6.83. The van der Waals surface area contributed by atoms with Crippen LogP contribution >= 0.6 is 0 Å². The molecule has 0 bridgehead atoms. The van der Waals surface area contributed by atoms with E-state index in [4.69, 9.17) is 0 Å². The summed E-state index contributed by atoms with van der Waals surface area (Å²) < 4.78 is 12.8. The first-order chi connectivity index (χ1) is 9.95. The third-order valence-electron chi connectivity index (χ3n) is 3.28. The van der Waals surface area contributed by atoms with E-state index in [-0.39, 0.29) is 11.8 Å². The summed E-state index contributed by atoms with van der Waals surface area (Å²) in [6, 6.07) is 9.85. The fourth-order valence-electron chi connectivity index (χ4n) is 2.32. The smallest absolute Gasteiger partial charge is 0.319 e. The molecule has 2 amide bonds. The number of carbonyl (C=O) groups excluding carboxylic acids is 1. The first-order valence-electron chi connectivity index (χ1n) is 6.83. The van der Waals surface area contributed by atoms with Crippen LogP contribution in [0, 0.1) is 26.6 Å². The molecule has 0 fully saturated rings. The van der Waals surface area contributed by atoms with Crippen molar-refractivity contribution in [3.05, 3.63) is 64.5 Å². The van der Waals surface area contributed by atoms with Crippen LogP contribution in [-0.2, 0) is 6.54 Å². The Bertz CT molecular complexity index is 627. The molecule has 3 nitrogen and oxygen atoms in total. The molecule has 2 aromatic rings. The van der Waals surface area contributed by atoms with Crippen LogP contribution in [0.25, 0.3) is 0 Å². The van der Waals surface area contributed by atoms with Gasteiger partial charge in [-0.15, -0.1) is 0 Å². The summed E-state index contributed by atoms with van der Waals surface area (Å²) in [6.45, 7) is 6.32. The first kappa shape index (κ1) is 15.0. The van der Waals surface area contributed by atoms with Crippen molar-refractivity contribution in [1.29, 1.82) is 0 Å². The Morgan fingerprint density at radius 2 is 1.62 bits per heavy atom. The number of urea groups is 1. The lowest BCUT2D eigenvalue weighted by molar-refractivity contribution is 0.251. The van der Waals surface area contributed by atoms with Gasteiger partial charge in [-0.25, -0.2) is 9.18 Å². The van der Waals surface area contributed by atoms with Gasteiger partial charge >= 0.3 is 6.03 Å². The van der Waals surface area contributed by atoms with E-state index < -0.39 is 0 Å². The molecule has 0 saturated heterocycles. The SMILES string of the molecule is Cc1cc(C)c(NC(=O)NCc2ccc(F)cc2)c(C)c1. The van der Waals surface area contributed by atoms with Crippen LogP contribution in [0.15, 0.2) is 36.4 Å². The molecule has 0 saturated carbocycles. The Kier molecular flexibility index (Phi) is 4.58. The van der Waals surface area contributed by atoms with Crippen LogP contribution in [0.2, 0.25) is 0 Å². The van der Waals surface area contributed by atoms with Crippen LogP contribution < -0.4 is 10.6 Å². The topological polar surface area (TPSA) is 41.1 Å². The number of anilines is 1. The van der Waals surface area contributed by atoms with E-state index in [1.54, 1.807) is 12.1 Å². The van der Waals surface area contributed by atoms with E-state index in [1.807, 2.05) is 32.9 Å². The molecule has 0 heterocycles. The standard InChI is InChI=1S/C17H19FN2O/c1-11-8-12(2)16(13(3)9-11)20-17(21)19-10-14-4-6-15(18)7-5-14/h4-9H,10H2,1-3H3,(H2,19,20,21). The van der Waals surface area contributed by atoms with Gasteiger partial charge in [0.25, 0.3) is 0 Å². The highest BCUT2D eigenvalue weighted by Gasteiger charge is 2.07. The number of hydrogen-bond acceptors (Lipinski definition) is 1. The number of halogens is 1. The number of amides is 2. The number of benzene rings is 2. The van der Waals surface area contributed by atoms with E-state index in [1.165, 1.54) is 17.7 Å². The average molecular weight is 286 g/mol. The highest BCUT2D eigenvalue weighted by molar-refractivity contribution is 5.91. The largest absolute Gasteiger partial charge is 0.334 e. The summed E-state index contributed by atoms with van der Waals surface area (Å²) >= 11 is 0. The van der Waals surface area contributed by atoms with E-state index in [0.29, 0.717) is 6.54 Å². The van der Waals surface area contributed by atoms with Crippen molar-refractivity contribution in [3.63, 3.8) is 0 Å². The highest BCUT2D eigenvalue weighted by atomic mass is 19.1. The molecule has 0 aliphatic heterocycles. The molecule has 0 radical (unpaired) electrons. The number of nitrogens with one attached hydrogen (secondary N) is 2. The van der Waals surface area contributed by atoms with E-state index >= 15 is 0 Å². The molecular weight excluding hydrogens is 267 g/mol. The molecule has 2 rings (SSSR count). The Morgan fingerprint density at radius 1 is 1.05 bits per heavy atom. The van der Waals surface area contributed by atoms with Crippen LogP contribution in [0.3, 0.4) is 0 Å². The van der Waals surface area contributed by atoms with Gasteiger partial charge in [-0.2, -0.15) is 0 Å². The molecule has 0 atom stereocenters. The van der Waals surface area contributed by atoms with Crippen LogP contribution in [0.5, 0.6) is 0 Å². The van der Waals surface area contributed by atoms with Crippen LogP contribution in [0.1, 0.15) is 22.3 Å². The molecule has 21 heavy (non-hydrogen) atoms. The van der Waals surface area contributed by atoms with Crippen LogP contribution in [0.4, 0.5) is 14.9 Å². The number of rotatable bonds is 3. The summed E-state index contributed by atoms with van der Waals surface area (Å²) in [7, 11) is 0. The quantitative estimate of drug-likeness (QED) is 0.877. The maximum absolute atomic E-state index is 12.8. The fraction of sp³-hybridized carbons (Fsp3) is 0.235. The van der Waals surface area contributed by atoms with E-state index in [0.717, 1.165) is 22.4 Å². The summed E-state index contributed by atoms with van der Waals surface area (Å²) in [4.78, 5) is 11.9. The zero-order valence-electron chi connectivity index (χ0n) is 12.5. The lowest BCUT2D eigenvalue weighted by Crippen LogP contribution is -2.28. The van der Waals surface area contributed by atoms with Crippen molar-refractivity contribution in [2.45, 2.75) is 27.3 Å². The molecule has 0 unspecified atom stereocenters. The Morgan fingerprint density at radius 3 is 2.19 bits per heavy atom. The predicted octanol–water partition coefficient (Wildman–Crippen LogP) is 4.07. The number of carbonyl (C=O) groups is 1. The highest BCUT2D eigenvalue weighted by Crippen LogP contribution is 2.21. The fourth-order valence-corrected chi connectivity index (χ4v) is 2.32. The summed E-state index contributed by atoms with van der Waals surface area (Å²) in [5.41, 5.74) is 4.91. The second kappa shape index (κ2) is 6.39. The summed E-state index contributed by atoms with van der Waals surface area (Å²) in [6.07, 6.45) is 0. The van der Waals surface area contributed by atoms with Crippen molar-refractivity contribution in [1.82, 2.24) is 5.32 Å². The molecular formula is C17H19FN2O. The zero-order valence-corrected chi connectivity index (χ0v) is 12.5. The van der Waals surface area contributed by atoms with Gasteiger partial charge in [-0.1, -0.05) is 29.8 Å². The van der Waals surface area contributed by atoms with Gasteiger partial charge in [0.05, 0.1) is 0 Å². The molecule has 0 spiro atoms. The third kappa shape index (κ3) is 4.05. The van der Waals surface area contributed by atoms with Gasteiger partial charge in [0.15, 0.2) is 0 Å². The lowest BCUT2D eigenvalue weighted by Gasteiger charge is -2.13. The van der Waals surface area contributed by atoms with Gasteiger partial charge < -0.3 is 10.6 Å². The summed E-state index contributed by atoms with van der Waals surface area (Å²) in [5.74, 6) is -0.283.